The molecule has 0 aromatic rings. The lowest BCUT2D eigenvalue weighted by molar-refractivity contribution is -0.127. The Labute approximate surface area is 163 Å². The van der Waals surface area contributed by atoms with Crippen LogP contribution < -0.4 is 10.6 Å². The van der Waals surface area contributed by atoms with Gasteiger partial charge in [-0.1, -0.05) is 19.3 Å². The Kier molecular flexibility index (Phi) is 7.35. The fraction of sp³-hybridized carbons (Fsp3) is 0.900. The molecule has 2 unspecified atom stereocenters. The zero-order valence-electron chi connectivity index (χ0n) is 17.0. The van der Waals surface area contributed by atoms with Crippen molar-refractivity contribution in [2.24, 2.45) is 10.9 Å². The number of likely N-dealkylation sites (N-methyl/N-ethyl adjacent to an activating group) is 1. The van der Waals surface area contributed by atoms with E-state index in [4.69, 9.17) is 9.47 Å². The molecule has 7 heteroatoms. The van der Waals surface area contributed by atoms with E-state index in [1.54, 1.807) is 19.0 Å². The minimum Gasteiger partial charge on any atom is -0.378 e. The van der Waals surface area contributed by atoms with Gasteiger partial charge in [-0.3, -0.25) is 4.79 Å². The van der Waals surface area contributed by atoms with Gasteiger partial charge in [-0.2, -0.15) is 0 Å². The van der Waals surface area contributed by atoms with E-state index < -0.39 is 0 Å². The summed E-state index contributed by atoms with van der Waals surface area (Å²) < 4.78 is 11.6. The van der Waals surface area contributed by atoms with Gasteiger partial charge in [0, 0.05) is 46.3 Å². The summed E-state index contributed by atoms with van der Waals surface area (Å²) in [7, 11) is 3.53. The van der Waals surface area contributed by atoms with Crippen molar-refractivity contribution in [3.05, 3.63) is 0 Å². The molecule has 0 aromatic carbocycles. The van der Waals surface area contributed by atoms with Gasteiger partial charge in [0.25, 0.3) is 0 Å². The normalized spacial score (nSPS) is 29.7. The second kappa shape index (κ2) is 9.73. The molecule has 2 aliphatic heterocycles. The van der Waals surface area contributed by atoms with Gasteiger partial charge in [-0.25, -0.2) is 4.99 Å². The summed E-state index contributed by atoms with van der Waals surface area (Å²) in [5.41, 5.74) is -0.135. The zero-order valence-corrected chi connectivity index (χ0v) is 17.0. The molecule has 1 saturated carbocycles. The van der Waals surface area contributed by atoms with Crippen molar-refractivity contribution in [3.8, 4) is 0 Å². The highest BCUT2D eigenvalue weighted by Gasteiger charge is 2.41. The van der Waals surface area contributed by atoms with Crippen LogP contribution in [0.4, 0.5) is 0 Å². The van der Waals surface area contributed by atoms with Crippen LogP contribution in [0.15, 0.2) is 4.99 Å². The summed E-state index contributed by atoms with van der Waals surface area (Å²) in [6.07, 6.45) is 9.43. The van der Waals surface area contributed by atoms with Crippen LogP contribution in [-0.2, 0) is 14.3 Å². The van der Waals surface area contributed by atoms with Crippen LogP contribution >= 0.6 is 0 Å². The van der Waals surface area contributed by atoms with E-state index in [9.17, 15) is 4.79 Å². The molecule has 27 heavy (non-hydrogen) atoms. The summed E-state index contributed by atoms with van der Waals surface area (Å²) >= 11 is 0. The number of amides is 1. The Morgan fingerprint density at radius 2 is 2.00 bits per heavy atom. The number of aliphatic imine (C=N–C) groups is 1. The number of nitrogens with one attached hydrogen (secondary N) is 2. The average Bonchev–Trinajstić information content (AvgIpc) is 3.11. The van der Waals surface area contributed by atoms with Crippen LogP contribution in [0.3, 0.4) is 0 Å². The molecular formula is C20H36N4O3. The van der Waals surface area contributed by atoms with Crippen molar-refractivity contribution in [2.45, 2.75) is 63.0 Å². The van der Waals surface area contributed by atoms with Gasteiger partial charge in [0.2, 0.25) is 5.91 Å². The number of hydrogen-bond acceptors (Lipinski definition) is 4. The quantitative estimate of drug-likeness (QED) is 0.559. The molecule has 1 aliphatic carbocycles. The lowest BCUT2D eigenvalue weighted by atomic mass is 9.89. The highest BCUT2D eigenvalue weighted by atomic mass is 16.6. The van der Waals surface area contributed by atoms with Crippen LogP contribution in [-0.4, -0.2) is 75.4 Å². The van der Waals surface area contributed by atoms with Crippen LogP contribution in [0.1, 0.15) is 51.4 Å². The Bertz CT molecular complexity index is 511. The number of carbonyl (C=O) groups is 1. The molecule has 7 nitrogen and oxygen atoms in total. The summed E-state index contributed by atoms with van der Waals surface area (Å²) in [4.78, 5) is 18.1. The maximum absolute atomic E-state index is 12.0. The lowest BCUT2D eigenvalue weighted by Gasteiger charge is -2.38. The minimum absolute atomic E-state index is 0.0152. The molecule has 154 valence electrons. The van der Waals surface area contributed by atoms with E-state index in [1.165, 1.54) is 32.1 Å². The molecule has 2 heterocycles. The highest BCUT2D eigenvalue weighted by molar-refractivity contribution is 5.84. The summed E-state index contributed by atoms with van der Waals surface area (Å²) in [5.74, 6) is 1.48. The Morgan fingerprint density at radius 1 is 1.19 bits per heavy atom. The molecule has 0 radical (unpaired) electrons. The second-order valence-corrected chi connectivity index (χ2v) is 8.51. The summed E-state index contributed by atoms with van der Waals surface area (Å²) in [5, 5.41) is 7.08. The molecule has 2 N–H and O–H groups in total. The molecule has 3 aliphatic rings. The summed E-state index contributed by atoms with van der Waals surface area (Å²) in [6.45, 7) is 3.31. The number of carbonyl (C=O) groups excluding carboxylic acids is 1. The van der Waals surface area contributed by atoms with Crippen LogP contribution in [0.2, 0.25) is 0 Å². The second-order valence-electron chi connectivity index (χ2n) is 8.51. The van der Waals surface area contributed by atoms with Crippen LogP contribution in [0.25, 0.3) is 0 Å². The van der Waals surface area contributed by atoms with Crippen molar-refractivity contribution in [1.29, 1.82) is 0 Å². The molecule has 0 bridgehead atoms. The van der Waals surface area contributed by atoms with E-state index in [2.05, 4.69) is 15.6 Å². The lowest BCUT2D eigenvalue weighted by Crippen LogP contribution is -2.52. The molecule has 0 aromatic heterocycles. The van der Waals surface area contributed by atoms with E-state index >= 15 is 0 Å². The molecular weight excluding hydrogens is 344 g/mol. The SMILES string of the molecule is CN(C)C(=O)CN=C(NCC1CCCCC1)NC1CCOC2(CCOC2)C1. The maximum atomic E-state index is 12.0. The topological polar surface area (TPSA) is 75.2 Å². The first-order valence-corrected chi connectivity index (χ1v) is 10.5. The Hall–Kier alpha value is -1.34. The summed E-state index contributed by atoms with van der Waals surface area (Å²) in [6, 6.07) is 0.299. The molecule has 3 fully saturated rings. The van der Waals surface area contributed by atoms with Gasteiger partial charge in [-0.15, -0.1) is 0 Å². The number of hydrogen-bond donors (Lipinski definition) is 2. The van der Waals surface area contributed by atoms with Gasteiger partial charge < -0.3 is 25.0 Å². The van der Waals surface area contributed by atoms with E-state index in [-0.39, 0.29) is 18.1 Å². The van der Waals surface area contributed by atoms with Crippen LogP contribution in [0, 0.1) is 5.92 Å². The Morgan fingerprint density at radius 3 is 2.70 bits per heavy atom. The van der Waals surface area contributed by atoms with Gasteiger partial charge in [0.15, 0.2) is 5.96 Å². The molecule has 1 spiro atoms. The molecule has 3 rings (SSSR count). The fourth-order valence-corrected chi connectivity index (χ4v) is 4.28. The zero-order chi connectivity index (χ0) is 19.1. The Balaban J connectivity index is 1.57. The first-order valence-electron chi connectivity index (χ1n) is 10.5. The third-order valence-corrected chi connectivity index (χ3v) is 6.06. The smallest absolute Gasteiger partial charge is 0.243 e. The van der Waals surface area contributed by atoms with Gasteiger partial charge >= 0.3 is 0 Å². The highest BCUT2D eigenvalue weighted by Crippen LogP contribution is 2.32. The number of nitrogens with zero attached hydrogens (tertiary/aromatic N) is 2. The average molecular weight is 381 g/mol. The first-order chi connectivity index (χ1) is 13.1. The van der Waals surface area contributed by atoms with Crippen molar-refractivity contribution in [3.63, 3.8) is 0 Å². The van der Waals surface area contributed by atoms with Crippen molar-refractivity contribution >= 4 is 11.9 Å². The van der Waals surface area contributed by atoms with Gasteiger partial charge in [-0.05, 0) is 31.6 Å². The number of rotatable bonds is 5. The van der Waals surface area contributed by atoms with E-state index in [0.29, 0.717) is 18.6 Å². The van der Waals surface area contributed by atoms with Crippen molar-refractivity contribution in [2.75, 3.05) is 47.0 Å². The number of guanidine groups is 1. The fourth-order valence-electron chi connectivity index (χ4n) is 4.28. The maximum Gasteiger partial charge on any atom is 0.243 e. The predicted molar refractivity (Wildman–Crippen MR) is 106 cm³/mol. The first kappa shape index (κ1) is 20.4. The number of ether oxygens (including phenoxy) is 2. The standard InChI is InChI=1S/C20H36N4O3/c1-24(2)18(25)14-22-19(21-13-16-6-4-3-5-7-16)23-17-8-10-27-20(12-17)9-11-26-15-20/h16-17H,3-15H2,1-2H3,(H2,21,22,23). The predicted octanol–water partition coefficient (Wildman–Crippen LogP) is 1.53. The van der Waals surface area contributed by atoms with Gasteiger partial charge in [0.05, 0.1) is 12.2 Å². The van der Waals surface area contributed by atoms with Crippen LogP contribution in [0.5, 0.6) is 0 Å². The van der Waals surface area contributed by atoms with E-state index in [1.807, 2.05) is 0 Å². The van der Waals surface area contributed by atoms with Crippen molar-refractivity contribution in [1.82, 2.24) is 15.5 Å². The van der Waals surface area contributed by atoms with Gasteiger partial charge in [0.1, 0.15) is 6.54 Å². The van der Waals surface area contributed by atoms with Crippen molar-refractivity contribution < 1.29 is 14.3 Å². The minimum atomic E-state index is -0.135. The largest absolute Gasteiger partial charge is 0.378 e. The third kappa shape index (κ3) is 6.07. The van der Waals surface area contributed by atoms with E-state index in [0.717, 1.165) is 45.0 Å². The third-order valence-electron chi connectivity index (χ3n) is 6.06. The molecule has 2 atom stereocenters. The molecule has 2 saturated heterocycles. The molecule has 1 amide bonds. The monoisotopic (exact) mass is 380 g/mol.